The Kier molecular flexibility index (Phi) is 4.90. The van der Waals surface area contributed by atoms with E-state index in [4.69, 9.17) is 4.74 Å². The molecule has 2 aromatic carbocycles. The second-order valence-corrected chi connectivity index (χ2v) is 6.57. The zero-order valence-electron chi connectivity index (χ0n) is 13.8. The van der Waals surface area contributed by atoms with Crippen molar-refractivity contribution in [1.82, 2.24) is 9.88 Å². The van der Waals surface area contributed by atoms with E-state index in [-0.39, 0.29) is 5.91 Å². The molecule has 1 atom stereocenters. The molecule has 0 bridgehead atoms. The summed E-state index contributed by atoms with van der Waals surface area (Å²) in [5.41, 5.74) is 2.12. The highest BCUT2D eigenvalue weighted by molar-refractivity contribution is 9.10. The van der Waals surface area contributed by atoms with Crippen molar-refractivity contribution in [3.63, 3.8) is 0 Å². The number of nitrogens with zero attached hydrogens (tertiary/aromatic N) is 1. The molecule has 25 heavy (non-hydrogen) atoms. The van der Waals surface area contributed by atoms with Gasteiger partial charge in [0.2, 0.25) is 0 Å². The summed E-state index contributed by atoms with van der Waals surface area (Å²) in [6.07, 6.45) is 1.76. The third-order valence-corrected chi connectivity index (χ3v) is 4.59. The van der Waals surface area contributed by atoms with E-state index in [1.807, 2.05) is 48.0 Å². The second kappa shape index (κ2) is 7.11. The van der Waals surface area contributed by atoms with E-state index in [1.165, 1.54) is 7.11 Å². The van der Waals surface area contributed by atoms with E-state index in [0.29, 0.717) is 11.1 Å². The number of carbonyl (C=O) groups excluding carboxylic acids is 2. The van der Waals surface area contributed by atoms with E-state index in [9.17, 15) is 9.59 Å². The number of amides is 1. The highest BCUT2D eigenvalue weighted by Crippen LogP contribution is 2.23. The number of aromatic nitrogens is 1. The Morgan fingerprint density at radius 1 is 1.12 bits per heavy atom. The normalized spacial score (nSPS) is 12.0. The molecule has 0 aliphatic heterocycles. The maximum absolute atomic E-state index is 12.8. The van der Waals surface area contributed by atoms with Crippen LogP contribution in [0.1, 0.15) is 22.0 Å². The number of hydrogen-bond donors (Lipinski definition) is 1. The van der Waals surface area contributed by atoms with Gasteiger partial charge in [0, 0.05) is 28.6 Å². The van der Waals surface area contributed by atoms with Crippen LogP contribution in [-0.4, -0.2) is 23.6 Å². The minimum Gasteiger partial charge on any atom is -0.467 e. The van der Waals surface area contributed by atoms with Gasteiger partial charge in [-0.3, -0.25) is 4.79 Å². The van der Waals surface area contributed by atoms with Crippen LogP contribution in [0.2, 0.25) is 0 Å². The summed E-state index contributed by atoms with van der Waals surface area (Å²) in [7, 11) is 3.18. The fraction of sp³-hybridized carbons (Fsp3) is 0.158. The summed E-state index contributed by atoms with van der Waals surface area (Å²) in [5, 5.41) is 3.62. The molecule has 3 rings (SSSR count). The zero-order valence-corrected chi connectivity index (χ0v) is 15.4. The van der Waals surface area contributed by atoms with Gasteiger partial charge in [-0.05, 0) is 23.8 Å². The highest BCUT2D eigenvalue weighted by atomic mass is 79.9. The monoisotopic (exact) mass is 400 g/mol. The number of carbonyl (C=O) groups is 2. The number of fused-ring (bicyclic) bond motifs is 1. The lowest BCUT2D eigenvalue weighted by molar-refractivity contribution is -0.143. The molecule has 0 aliphatic rings. The summed E-state index contributed by atoms with van der Waals surface area (Å²) < 4.78 is 7.63. The fourth-order valence-corrected chi connectivity index (χ4v) is 3.05. The lowest BCUT2D eigenvalue weighted by Gasteiger charge is -2.17. The van der Waals surface area contributed by atoms with Gasteiger partial charge < -0.3 is 14.6 Å². The van der Waals surface area contributed by atoms with Gasteiger partial charge in [0.05, 0.1) is 12.7 Å². The first-order valence-electron chi connectivity index (χ1n) is 7.69. The van der Waals surface area contributed by atoms with Crippen molar-refractivity contribution in [1.29, 1.82) is 0 Å². The summed E-state index contributed by atoms with van der Waals surface area (Å²) in [6, 6.07) is 13.9. The Hall–Kier alpha value is -2.60. The summed E-state index contributed by atoms with van der Waals surface area (Å²) in [6.45, 7) is 0. The molecule has 3 aromatic rings. The van der Waals surface area contributed by atoms with Crippen LogP contribution in [0.4, 0.5) is 0 Å². The lowest BCUT2D eigenvalue weighted by Crippen LogP contribution is -2.34. The third kappa shape index (κ3) is 3.44. The second-order valence-electron chi connectivity index (χ2n) is 5.65. The van der Waals surface area contributed by atoms with Crippen molar-refractivity contribution in [3.8, 4) is 0 Å². The number of rotatable bonds is 4. The molecule has 1 heterocycles. The zero-order chi connectivity index (χ0) is 18.0. The maximum atomic E-state index is 12.8. The van der Waals surface area contributed by atoms with Crippen molar-refractivity contribution in [3.05, 3.63) is 70.3 Å². The Balaban J connectivity index is 1.94. The van der Waals surface area contributed by atoms with Gasteiger partial charge >= 0.3 is 5.97 Å². The van der Waals surface area contributed by atoms with Gasteiger partial charge in [-0.1, -0.05) is 46.3 Å². The minimum absolute atomic E-state index is 0.324. The number of methoxy groups -OCH3 is 1. The smallest absolute Gasteiger partial charge is 0.333 e. The Morgan fingerprint density at radius 2 is 1.80 bits per heavy atom. The van der Waals surface area contributed by atoms with Gasteiger partial charge in [0.15, 0.2) is 6.04 Å². The molecule has 5 nitrogen and oxygen atoms in total. The fourth-order valence-electron chi connectivity index (χ4n) is 2.78. The molecule has 1 amide bonds. The van der Waals surface area contributed by atoms with E-state index in [0.717, 1.165) is 15.4 Å². The van der Waals surface area contributed by atoms with Crippen LogP contribution in [0.5, 0.6) is 0 Å². The average molecular weight is 401 g/mol. The topological polar surface area (TPSA) is 60.3 Å². The predicted octanol–water partition coefficient (Wildman–Crippen LogP) is 3.58. The number of aryl methyl sites for hydroxylation is 1. The van der Waals surface area contributed by atoms with Crippen LogP contribution in [0, 0.1) is 0 Å². The first-order chi connectivity index (χ1) is 12.0. The first-order valence-corrected chi connectivity index (χ1v) is 8.49. The van der Waals surface area contributed by atoms with Crippen LogP contribution in [0.25, 0.3) is 10.9 Å². The minimum atomic E-state index is -0.871. The van der Waals surface area contributed by atoms with E-state index < -0.39 is 12.0 Å². The molecule has 1 unspecified atom stereocenters. The molecular weight excluding hydrogens is 384 g/mol. The maximum Gasteiger partial charge on any atom is 0.333 e. The van der Waals surface area contributed by atoms with Gasteiger partial charge in [-0.25, -0.2) is 4.79 Å². The van der Waals surface area contributed by atoms with Crippen molar-refractivity contribution in [2.24, 2.45) is 7.05 Å². The Morgan fingerprint density at radius 3 is 2.48 bits per heavy atom. The number of esters is 1. The largest absolute Gasteiger partial charge is 0.467 e. The summed E-state index contributed by atoms with van der Waals surface area (Å²) in [5.74, 6) is -0.842. The standard InChI is InChI=1S/C19H17BrN2O3/c1-22-11-15(14-5-3-4-6-16(14)22)18(23)21-17(19(24)25-2)12-7-9-13(20)10-8-12/h3-11,17H,1-2H3,(H,21,23). The molecule has 0 saturated carbocycles. The highest BCUT2D eigenvalue weighted by Gasteiger charge is 2.25. The molecule has 6 heteroatoms. The molecule has 0 aliphatic carbocycles. The number of hydrogen-bond acceptors (Lipinski definition) is 3. The quantitative estimate of drug-likeness (QED) is 0.680. The SMILES string of the molecule is COC(=O)C(NC(=O)c1cn(C)c2ccccc12)c1ccc(Br)cc1. The molecular formula is C19H17BrN2O3. The number of ether oxygens (including phenoxy) is 1. The van der Waals surface area contributed by atoms with Gasteiger partial charge in [-0.15, -0.1) is 0 Å². The Bertz CT molecular complexity index is 931. The van der Waals surface area contributed by atoms with Crippen molar-refractivity contribution in [2.75, 3.05) is 7.11 Å². The summed E-state index contributed by atoms with van der Waals surface area (Å²) >= 11 is 3.36. The Labute approximate surface area is 153 Å². The van der Waals surface area contributed by atoms with Crippen molar-refractivity contribution in [2.45, 2.75) is 6.04 Å². The molecule has 0 radical (unpaired) electrons. The molecule has 0 fully saturated rings. The predicted molar refractivity (Wildman–Crippen MR) is 99.3 cm³/mol. The number of halogens is 1. The van der Waals surface area contributed by atoms with Crippen molar-refractivity contribution < 1.29 is 14.3 Å². The van der Waals surface area contributed by atoms with Crippen LogP contribution < -0.4 is 5.32 Å². The molecule has 1 N–H and O–H groups in total. The number of nitrogens with one attached hydrogen (secondary N) is 1. The van der Waals surface area contributed by atoms with Gasteiger partial charge in [0.1, 0.15) is 0 Å². The molecule has 0 saturated heterocycles. The van der Waals surface area contributed by atoms with E-state index >= 15 is 0 Å². The van der Waals surface area contributed by atoms with E-state index in [1.54, 1.807) is 18.3 Å². The molecule has 1 aromatic heterocycles. The van der Waals surface area contributed by atoms with Crippen molar-refractivity contribution >= 4 is 38.7 Å². The van der Waals surface area contributed by atoms with Crippen LogP contribution in [-0.2, 0) is 16.6 Å². The summed E-state index contributed by atoms with van der Waals surface area (Å²) in [4.78, 5) is 25.0. The number of benzene rings is 2. The number of para-hydroxylation sites is 1. The van der Waals surface area contributed by atoms with Crippen LogP contribution in [0.3, 0.4) is 0 Å². The van der Waals surface area contributed by atoms with Gasteiger partial charge in [0.25, 0.3) is 5.91 Å². The molecule has 128 valence electrons. The van der Waals surface area contributed by atoms with Crippen LogP contribution in [0.15, 0.2) is 59.2 Å². The first kappa shape index (κ1) is 17.2. The lowest BCUT2D eigenvalue weighted by atomic mass is 10.1. The molecule has 0 spiro atoms. The third-order valence-electron chi connectivity index (χ3n) is 4.06. The average Bonchev–Trinajstić information content (AvgIpc) is 2.97. The van der Waals surface area contributed by atoms with E-state index in [2.05, 4.69) is 21.2 Å². The van der Waals surface area contributed by atoms with Crippen LogP contribution >= 0.6 is 15.9 Å². The van der Waals surface area contributed by atoms with Gasteiger partial charge in [-0.2, -0.15) is 0 Å².